The van der Waals surface area contributed by atoms with Crippen molar-refractivity contribution in [1.29, 1.82) is 0 Å². The van der Waals surface area contributed by atoms with Crippen LogP contribution in [-0.4, -0.2) is 26.2 Å². The summed E-state index contributed by atoms with van der Waals surface area (Å²) in [6.07, 6.45) is 6.54. The average molecular weight is 265 g/mol. The van der Waals surface area contributed by atoms with Crippen LogP contribution in [0.15, 0.2) is 24.7 Å². The molecule has 104 valence electrons. The number of aryl methyl sites for hydroxylation is 2. The van der Waals surface area contributed by atoms with Crippen molar-refractivity contribution in [2.45, 2.75) is 39.5 Å². The van der Waals surface area contributed by atoms with Crippen molar-refractivity contribution >= 4 is 0 Å². The molecule has 0 unspecified atom stereocenters. The van der Waals surface area contributed by atoms with Gasteiger partial charge in [-0.25, -0.2) is 4.39 Å². The first-order valence-corrected chi connectivity index (χ1v) is 6.62. The number of rotatable bonds is 8. The molecule has 0 bridgehead atoms. The van der Waals surface area contributed by atoms with Crippen molar-refractivity contribution in [3.63, 3.8) is 0 Å². The number of halogens is 1. The van der Waals surface area contributed by atoms with Crippen molar-refractivity contribution in [3.05, 3.63) is 35.9 Å². The van der Waals surface area contributed by atoms with Gasteiger partial charge in [-0.15, -0.1) is 0 Å². The van der Waals surface area contributed by atoms with E-state index in [2.05, 4.69) is 22.4 Å². The third-order valence-electron chi connectivity index (χ3n) is 2.88. The summed E-state index contributed by atoms with van der Waals surface area (Å²) in [6.45, 7) is 4.52. The minimum absolute atomic E-state index is 0.323. The standard InChI is InChI=1S/C13H20FN5/c1-2-6-19-13(3-5-16-19)10-15-8-12-9-17-18(11-12)7-4-14/h3,5,9,11,15H,2,4,6-8,10H2,1H3. The van der Waals surface area contributed by atoms with E-state index in [0.717, 1.165) is 31.6 Å². The van der Waals surface area contributed by atoms with Crippen LogP contribution in [0.3, 0.4) is 0 Å². The average Bonchev–Trinajstić information content (AvgIpc) is 3.01. The van der Waals surface area contributed by atoms with E-state index in [1.165, 1.54) is 5.69 Å². The van der Waals surface area contributed by atoms with Gasteiger partial charge in [0.25, 0.3) is 0 Å². The molecular weight excluding hydrogens is 245 g/mol. The summed E-state index contributed by atoms with van der Waals surface area (Å²) in [5.41, 5.74) is 2.24. The summed E-state index contributed by atoms with van der Waals surface area (Å²) < 4.78 is 15.8. The lowest BCUT2D eigenvalue weighted by molar-refractivity contribution is 0.427. The fourth-order valence-electron chi connectivity index (χ4n) is 1.96. The Bertz CT molecular complexity index is 491. The molecule has 1 N–H and O–H groups in total. The quantitative estimate of drug-likeness (QED) is 0.791. The monoisotopic (exact) mass is 265 g/mol. The summed E-state index contributed by atoms with van der Waals surface area (Å²) in [5, 5.41) is 11.7. The van der Waals surface area contributed by atoms with E-state index in [-0.39, 0.29) is 6.67 Å². The van der Waals surface area contributed by atoms with E-state index in [1.807, 2.05) is 23.1 Å². The van der Waals surface area contributed by atoms with E-state index >= 15 is 0 Å². The largest absolute Gasteiger partial charge is 0.307 e. The zero-order valence-electron chi connectivity index (χ0n) is 11.2. The van der Waals surface area contributed by atoms with Gasteiger partial charge in [0.15, 0.2) is 0 Å². The third kappa shape index (κ3) is 3.89. The van der Waals surface area contributed by atoms with Crippen molar-refractivity contribution < 1.29 is 4.39 Å². The Morgan fingerprint density at radius 3 is 2.95 bits per heavy atom. The van der Waals surface area contributed by atoms with Gasteiger partial charge in [-0.2, -0.15) is 10.2 Å². The predicted octanol–water partition coefficient (Wildman–Crippen LogP) is 1.75. The van der Waals surface area contributed by atoms with Gasteiger partial charge in [0.1, 0.15) is 6.67 Å². The summed E-state index contributed by atoms with van der Waals surface area (Å²) in [7, 11) is 0. The molecule has 2 heterocycles. The molecule has 0 spiro atoms. The molecule has 5 nitrogen and oxygen atoms in total. The molecule has 0 radical (unpaired) electrons. The normalized spacial score (nSPS) is 11.1. The van der Waals surface area contributed by atoms with Crippen LogP contribution in [-0.2, 0) is 26.2 Å². The predicted molar refractivity (Wildman–Crippen MR) is 71.3 cm³/mol. The molecule has 0 aromatic carbocycles. The molecule has 0 aliphatic rings. The highest BCUT2D eigenvalue weighted by atomic mass is 19.1. The fraction of sp³-hybridized carbons (Fsp3) is 0.538. The Balaban J connectivity index is 1.80. The van der Waals surface area contributed by atoms with Crippen LogP contribution >= 0.6 is 0 Å². The summed E-state index contributed by atoms with van der Waals surface area (Å²) >= 11 is 0. The zero-order valence-corrected chi connectivity index (χ0v) is 11.2. The van der Waals surface area contributed by atoms with Crippen molar-refractivity contribution in [2.24, 2.45) is 0 Å². The molecule has 0 atom stereocenters. The molecule has 2 aromatic heterocycles. The van der Waals surface area contributed by atoms with Gasteiger partial charge < -0.3 is 5.32 Å². The summed E-state index contributed by atoms with van der Waals surface area (Å²) in [6, 6.07) is 2.02. The van der Waals surface area contributed by atoms with E-state index in [4.69, 9.17) is 0 Å². The number of alkyl halides is 1. The van der Waals surface area contributed by atoms with Crippen LogP contribution in [0.4, 0.5) is 4.39 Å². The number of nitrogens with zero attached hydrogens (tertiary/aromatic N) is 4. The maximum Gasteiger partial charge on any atom is 0.109 e. The Kier molecular flexibility index (Phi) is 5.09. The van der Waals surface area contributed by atoms with E-state index in [9.17, 15) is 4.39 Å². The number of hydrogen-bond donors (Lipinski definition) is 1. The topological polar surface area (TPSA) is 47.7 Å². The Labute approximate surface area is 112 Å². The van der Waals surface area contributed by atoms with Gasteiger partial charge in [-0.3, -0.25) is 9.36 Å². The van der Waals surface area contributed by atoms with Crippen LogP contribution in [0.2, 0.25) is 0 Å². The second-order valence-corrected chi connectivity index (χ2v) is 4.45. The van der Waals surface area contributed by atoms with Gasteiger partial charge in [0, 0.05) is 37.6 Å². The molecule has 19 heavy (non-hydrogen) atoms. The molecular formula is C13H20FN5. The van der Waals surface area contributed by atoms with E-state index in [1.54, 1.807) is 10.9 Å². The number of nitrogens with one attached hydrogen (secondary N) is 1. The summed E-state index contributed by atoms with van der Waals surface area (Å²) in [4.78, 5) is 0. The highest BCUT2D eigenvalue weighted by molar-refractivity contribution is 5.05. The van der Waals surface area contributed by atoms with Gasteiger partial charge >= 0.3 is 0 Å². The summed E-state index contributed by atoms with van der Waals surface area (Å²) in [5.74, 6) is 0. The Morgan fingerprint density at radius 1 is 1.26 bits per heavy atom. The second-order valence-electron chi connectivity index (χ2n) is 4.45. The van der Waals surface area contributed by atoms with E-state index in [0.29, 0.717) is 6.54 Å². The van der Waals surface area contributed by atoms with Gasteiger partial charge in [-0.1, -0.05) is 6.92 Å². The molecule has 0 saturated carbocycles. The fourth-order valence-corrected chi connectivity index (χ4v) is 1.96. The first-order chi connectivity index (χ1) is 9.33. The van der Waals surface area contributed by atoms with Crippen LogP contribution in [0.5, 0.6) is 0 Å². The van der Waals surface area contributed by atoms with Crippen LogP contribution < -0.4 is 5.32 Å². The van der Waals surface area contributed by atoms with E-state index < -0.39 is 0 Å². The lowest BCUT2D eigenvalue weighted by Gasteiger charge is -2.06. The van der Waals surface area contributed by atoms with Crippen molar-refractivity contribution in [3.8, 4) is 0 Å². The minimum Gasteiger partial charge on any atom is -0.307 e. The maximum absolute atomic E-state index is 12.2. The number of hydrogen-bond acceptors (Lipinski definition) is 3. The van der Waals surface area contributed by atoms with Gasteiger partial charge in [0.2, 0.25) is 0 Å². The molecule has 0 amide bonds. The highest BCUT2D eigenvalue weighted by Gasteiger charge is 2.02. The molecule has 0 aliphatic heterocycles. The third-order valence-corrected chi connectivity index (χ3v) is 2.88. The molecule has 0 saturated heterocycles. The first kappa shape index (κ1) is 13.7. The maximum atomic E-state index is 12.2. The number of aromatic nitrogens is 4. The Hall–Kier alpha value is -1.69. The lowest BCUT2D eigenvalue weighted by Crippen LogP contribution is -2.16. The van der Waals surface area contributed by atoms with Crippen LogP contribution in [0.25, 0.3) is 0 Å². The van der Waals surface area contributed by atoms with Crippen LogP contribution in [0.1, 0.15) is 24.6 Å². The Morgan fingerprint density at radius 2 is 2.16 bits per heavy atom. The van der Waals surface area contributed by atoms with Crippen molar-refractivity contribution in [1.82, 2.24) is 24.9 Å². The first-order valence-electron chi connectivity index (χ1n) is 6.62. The molecule has 0 fully saturated rings. The molecule has 6 heteroatoms. The SMILES string of the molecule is CCCn1nccc1CNCc1cnn(CCF)c1. The van der Waals surface area contributed by atoms with Gasteiger partial charge in [-0.05, 0) is 12.5 Å². The zero-order chi connectivity index (χ0) is 13.5. The highest BCUT2D eigenvalue weighted by Crippen LogP contribution is 2.02. The van der Waals surface area contributed by atoms with Gasteiger partial charge in [0.05, 0.1) is 18.4 Å². The molecule has 2 aromatic rings. The lowest BCUT2D eigenvalue weighted by atomic mass is 10.3. The smallest absolute Gasteiger partial charge is 0.109 e. The van der Waals surface area contributed by atoms with Crippen LogP contribution in [0, 0.1) is 0 Å². The molecule has 2 rings (SSSR count). The second kappa shape index (κ2) is 7.04. The minimum atomic E-state index is -0.384. The molecule has 0 aliphatic carbocycles. The van der Waals surface area contributed by atoms with Crippen molar-refractivity contribution in [2.75, 3.05) is 6.67 Å².